The van der Waals surface area contributed by atoms with Crippen LogP contribution >= 0.6 is 0 Å². The molecule has 0 aliphatic heterocycles. The molecular weight excluding hydrogens is 312 g/mol. The molecule has 0 fully saturated rings. The summed E-state index contributed by atoms with van der Waals surface area (Å²) in [6, 6.07) is 13.4. The molecule has 1 atom stereocenters. The third-order valence-electron chi connectivity index (χ3n) is 3.49. The van der Waals surface area contributed by atoms with Crippen LogP contribution < -0.4 is 5.32 Å². The highest BCUT2D eigenvalue weighted by atomic mass is 16.6. The molecule has 0 aliphatic rings. The second kappa shape index (κ2) is 7.87. The van der Waals surface area contributed by atoms with Gasteiger partial charge in [0.1, 0.15) is 6.04 Å². The molecule has 2 aromatic rings. The Hall–Kier alpha value is -3.22. The van der Waals surface area contributed by atoms with Crippen LogP contribution in [0, 0.1) is 10.1 Å². The SMILES string of the molecule is O=C(N[C@@H](CCc1ccccc1)C(=O)O)c1cccc([N+](=O)[O-])c1. The number of amides is 1. The summed E-state index contributed by atoms with van der Waals surface area (Å²) in [7, 11) is 0. The number of hydrogen-bond acceptors (Lipinski definition) is 4. The summed E-state index contributed by atoms with van der Waals surface area (Å²) in [4.78, 5) is 33.6. The number of aryl methyl sites for hydroxylation is 1. The number of carboxylic acid groups (broad SMARTS) is 1. The fraction of sp³-hybridized carbons (Fsp3) is 0.176. The number of carbonyl (C=O) groups is 2. The van der Waals surface area contributed by atoms with E-state index < -0.39 is 22.8 Å². The number of nitrogens with zero attached hydrogens (tertiary/aromatic N) is 1. The monoisotopic (exact) mass is 328 g/mol. The van der Waals surface area contributed by atoms with Gasteiger partial charge < -0.3 is 10.4 Å². The number of nitro benzene ring substituents is 1. The second-order valence-corrected chi connectivity index (χ2v) is 5.20. The van der Waals surface area contributed by atoms with Crippen molar-refractivity contribution in [3.05, 3.63) is 75.8 Å². The van der Waals surface area contributed by atoms with Gasteiger partial charge in [-0.2, -0.15) is 0 Å². The van der Waals surface area contributed by atoms with E-state index >= 15 is 0 Å². The fourth-order valence-corrected chi connectivity index (χ4v) is 2.22. The van der Waals surface area contributed by atoms with Crippen molar-refractivity contribution >= 4 is 17.6 Å². The van der Waals surface area contributed by atoms with Gasteiger partial charge >= 0.3 is 5.97 Å². The van der Waals surface area contributed by atoms with Crippen molar-refractivity contribution in [2.24, 2.45) is 0 Å². The third kappa shape index (κ3) is 4.64. The van der Waals surface area contributed by atoms with Crippen molar-refractivity contribution < 1.29 is 19.6 Å². The highest BCUT2D eigenvalue weighted by Gasteiger charge is 2.21. The Kier molecular flexibility index (Phi) is 5.62. The molecule has 0 heterocycles. The van der Waals surface area contributed by atoms with Gasteiger partial charge in [-0.3, -0.25) is 14.9 Å². The molecule has 1 amide bonds. The largest absolute Gasteiger partial charge is 0.480 e. The number of nitro groups is 1. The molecule has 0 radical (unpaired) electrons. The molecule has 0 aromatic heterocycles. The first-order valence-electron chi connectivity index (χ1n) is 7.29. The Bertz CT molecular complexity index is 746. The van der Waals surface area contributed by atoms with Crippen LogP contribution in [0.2, 0.25) is 0 Å². The number of aliphatic carboxylic acids is 1. The lowest BCUT2D eigenvalue weighted by Gasteiger charge is -2.14. The van der Waals surface area contributed by atoms with E-state index in [4.69, 9.17) is 0 Å². The quantitative estimate of drug-likeness (QED) is 0.599. The minimum Gasteiger partial charge on any atom is -0.480 e. The van der Waals surface area contributed by atoms with E-state index in [9.17, 15) is 24.8 Å². The minimum absolute atomic E-state index is 0.0511. The maximum absolute atomic E-state index is 12.1. The van der Waals surface area contributed by atoms with Crippen molar-refractivity contribution in [2.75, 3.05) is 0 Å². The molecule has 2 N–H and O–H groups in total. The molecule has 124 valence electrons. The van der Waals surface area contributed by atoms with Gasteiger partial charge in [-0.05, 0) is 24.5 Å². The first-order chi connectivity index (χ1) is 11.5. The standard InChI is InChI=1S/C17H16N2O5/c20-16(13-7-4-8-14(11-13)19(23)24)18-15(17(21)22)10-9-12-5-2-1-3-6-12/h1-8,11,15H,9-10H2,(H,18,20)(H,21,22)/t15-/m0/s1. The highest BCUT2D eigenvalue weighted by molar-refractivity contribution is 5.97. The van der Waals surface area contributed by atoms with Crippen molar-refractivity contribution in [3.8, 4) is 0 Å². The van der Waals surface area contributed by atoms with Gasteiger partial charge in [0.15, 0.2) is 0 Å². The lowest BCUT2D eigenvalue weighted by atomic mass is 10.0. The Labute approximate surface area is 138 Å². The van der Waals surface area contributed by atoms with Crippen molar-refractivity contribution in [3.63, 3.8) is 0 Å². The highest BCUT2D eigenvalue weighted by Crippen LogP contribution is 2.13. The summed E-state index contributed by atoms with van der Waals surface area (Å²) in [6.07, 6.45) is 0.715. The summed E-state index contributed by atoms with van der Waals surface area (Å²) in [5.41, 5.74) is 0.794. The molecule has 0 aliphatic carbocycles. The second-order valence-electron chi connectivity index (χ2n) is 5.20. The smallest absolute Gasteiger partial charge is 0.326 e. The number of nitrogens with one attached hydrogen (secondary N) is 1. The lowest BCUT2D eigenvalue weighted by Crippen LogP contribution is -2.41. The number of hydrogen-bond donors (Lipinski definition) is 2. The van der Waals surface area contributed by atoms with E-state index in [-0.39, 0.29) is 17.7 Å². The van der Waals surface area contributed by atoms with E-state index in [1.807, 2.05) is 30.3 Å². The summed E-state index contributed by atoms with van der Waals surface area (Å²) >= 11 is 0. The molecule has 0 unspecified atom stereocenters. The van der Waals surface area contributed by atoms with Crippen molar-refractivity contribution in [1.82, 2.24) is 5.32 Å². The lowest BCUT2D eigenvalue weighted by molar-refractivity contribution is -0.384. The van der Waals surface area contributed by atoms with E-state index in [0.29, 0.717) is 6.42 Å². The molecule has 2 aromatic carbocycles. The molecule has 0 saturated carbocycles. The fourth-order valence-electron chi connectivity index (χ4n) is 2.22. The normalized spacial score (nSPS) is 11.5. The van der Waals surface area contributed by atoms with E-state index in [0.717, 1.165) is 11.6 Å². The van der Waals surface area contributed by atoms with Gasteiger partial charge in [0.2, 0.25) is 0 Å². The van der Waals surface area contributed by atoms with Gasteiger partial charge in [-0.25, -0.2) is 4.79 Å². The van der Waals surface area contributed by atoms with Gasteiger partial charge in [0, 0.05) is 17.7 Å². The van der Waals surface area contributed by atoms with Crippen molar-refractivity contribution in [1.29, 1.82) is 0 Å². The Morgan fingerprint density at radius 1 is 1.12 bits per heavy atom. The van der Waals surface area contributed by atoms with E-state index in [1.54, 1.807) is 0 Å². The van der Waals surface area contributed by atoms with Crippen molar-refractivity contribution in [2.45, 2.75) is 18.9 Å². The van der Waals surface area contributed by atoms with Crippen LogP contribution in [0.3, 0.4) is 0 Å². The van der Waals surface area contributed by atoms with Crippen LogP contribution in [0.15, 0.2) is 54.6 Å². The van der Waals surface area contributed by atoms with E-state index in [1.165, 1.54) is 18.2 Å². The maximum Gasteiger partial charge on any atom is 0.326 e. The predicted molar refractivity (Wildman–Crippen MR) is 86.7 cm³/mol. The molecule has 2 rings (SSSR count). The number of carbonyl (C=O) groups excluding carboxylic acids is 1. The summed E-state index contributed by atoms with van der Waals surface area (Å²) in [5.74, 6) is -1.80. The molecule has 24 heavy (non-hydrogen) atoms. The Morgan fingerprint density at radius 2 is 1.83 bits per heavy atom. The number of benzene rings is 2. The number of non-ortho nitro benzene ring substituents is 1. The summed E-state index contributed by atoms with van der Waals surface area (Å²) in [5, 5.41) is 22.4. The van der Waals surface area contributed by atoms with Crippen LogP contribution in [-0.2, 0) is 11.2 Å². The molecule has 7 nitrogen and oxygen atoms in total. The first-order valence-corrected chi connectivity index (χ1v) is 7.29. The first kappa shape index (κ1) is 17.1. The zero-order valence-corrected chi connectivity index (χ0v) is 12.7. The topological polar surface area (TPSA) is 110 Å². The molecule has 0 spiro atoms. The Morgan fingerprint density at radius 3 is 2.46 bits per heavy atom. The van der Waals surface area contributed by atoms with Crippen LogP contribution in [0.5, 0.6) is 0 Å². The average molecular weight is 328 g/mol. The van der Waals surface area contributed by atoms with Gasteiger partial charge in [0.25, 0.3) is 11.6 Å². The van der Waals surface area contributed by atoms with Crippen LogP contribution in [0.25, 0.3) is 0 Å². The van der Waals surface area contributed by atoms with Crippen LogP contribution in [0.4, 0.5) is 5.69 Å². The Balaban J connectivity index is 2.04. The van der Waals surface area contributed by atoms with Crippen LogP contribution in [-0.4, -0.2) is 27.9 Å². The van der Waals surface area contributed by atoms with Crippen LogP contribution in [0.1, 0.15) is 22.3 Å². The third-order valence-corrected chi connectivity index (χ3v) is 3.49. The summed E-state index contributed by atoms with van der Waals surface area (Å²) in [6.45, 7) is 0. The van der Waals surface area contributed by atoms with E-state index in [2.05, 4.69) is 5.32 Å². The van der Waals surface area contributed by atoms with Gasteiger partial charge in [-0.1, -0.05) is 36.4 Å². The minimum atomic E-state index is -1.15. The number of carboxylic acids is 1. The molecule has 0 bridgehead atoms. The summed E-state index contributed by atoms with van der Waals surface area (Å²) < 4.78 is 0. The average Bonchev–Trinajstić information content (AvgIpc) is 2.59. The maximum atomic E-state index is 12.1. The zero-order chi connectivity index (χ0) is 17.5. The van der Waals surface area contributed by atoms with Gasteiger partial charge in [-0.15, -0.1) is 0 Å². The number of rotatable bonds is 7. The molecular formula is C17H16N2O5. The predicted octanol–water partition coefficient (Wildman–Crippen LogP) is 2.41. The van der Waals surface area contributed by atoms with Gasteiger partial charge in [0.05, 0.1) is 4.92 Å². The zero-order valence-electron chi connectivity index (χ0n) is 12.7. The molecule has 7 heteroatoms. The molecule has 0 saturated heterocycles.